The van der Waals surface area contributed by atoms with Crippen molar-refractivity contribution in [2.75, 3.05) is 4.72 Å². The fourth-order valence-electron chi connectivity index (χ4n) is 3.01. The Labute approximate surface area is 171 Å². The number of sulfonamides is 1. The molecule has 0 aliphatic rings. The molecule has 7 nitrogen and oxygen atoms in total. The molecule has 0 atom stereocenters. The Bertz CT molecular complexity index is 1410. The van der Waals surface area contributed by atoms with Crippen molar-refractivity contribution in [1.29, 1.82) is 5.26 Å². The van der Waals surface area contributed by atoms with Crippen LogP contribution in [-0.4, -0.2) is 18.4 Å². The second-order valence-electron chi connectivity index (χ2n) is 6.47. The molecule has 0 radical (unpaired) electrons. The number of fused-ring (bicyclic) bond motifs is 1. The van der Waals surface area contributed by atoms with Gasteiger partial charge >= 0.3 is 0 Å². The van der Waals surface area contributed by atoms with Crippen LogP contribution in [-0.2, 0) is 10.0 Å². The summed E-state index contributed by atoms with van der Waals surface area (Å²) in [6.45, 7) is 1.70. The summed E-state index contributed by atoms with van der Waals surface area (Å²) in [4.78, 5) is 6.62. The predicted octanol–water partition coefficient (Wildman–Crippen LogP) is 4.48. The predicted molar refractivity (Wildman–Crippen MR) is 109 cm³/mol. The number of ether oxygens (including phenoxy) is 1. The second kappa shape index (κ2) is 7.50. The number of rotatable bonds is 5. The van der Waals surface area contributed by atoms with Gasteiger partial charge in [0.2, 0.25) is 5.88 Å². The highest BCUT2D eigenvalue weighted by Crippen LogP contribution is 2.30. The standard InChI is InChI=1S/C21H15FN4O3S/c1-13-10-15(29-21-14(11-23)4-3-9-24-21)7-8-17(13)26-30(27,28)19-12-25-18-6-2-5-16(22)20(18)19/h2-10,12,25-26H,1H3. The van der Waals surface area contributed by atoms with Crippen LogP contribution in [0.2, 0.25) is 0 Å². The van der Waals surface area contributed by atoms with Crippen LogP contribution in [0, 0.1) is 24.1 Å². The van der Waals surface area contributed by atoms with Gasteiger partial charge in [-0.25, -0.2) is 17.8 Å². The number of benzene rings is 2. The topological polar surface area (TPSA) is 108 Å². The lowest BCUT2D eigenvalue weighted by Gasteiger charge is -2.12. The van der Waals surface area contributed by atoms with E-state index in [9.17, 15) is 12.8 Å². The Morgan fingerprint density at radius 3 is 2.80 bits per heavy atom. The smallest absolute Gasteiger partial charge is 0.264 e. The molecule has 0 bridgehead atoms. The Kier molecular flexibility index (Phi) is 4.85. The molecule has 0 amide bonds. The molecule has 0 saturated heterocycles. The fraction of sp³-hybridized carbons (Fsp3) is 0.0476. The summed E-state index contributed by atoms with van der Waals surface area (Å²) in [5.41, 5.74) is 1.56. The third-order valence-electron chi connectivity index (χ3n) is 4.46. The number of aromatic amines is 1. The average molecular weight is 422 g/mol. The van der Waals surface area contributed by atoms with Crippen molar-refractivity contribution in [2.45, 2.75) is 11.8 Å². The summed E-state index contributed by atoms with van der Waals surface area (Å²) in [5, 5.41) is 9.13. The lowest BCUT2D eigenvalue weighted by molar-refractivity contribution is 0.461. The Morgan fingerprint density at radius 1 is 1.20 bits per heavy atom. The molecule has 4 aromatic rings. The van der Waals surface area contributed by atoms with E-state index in [-0.39, 0.29) is 21.7 Å². The quantitative estimate of drug-likeness (QED) is 0.493. The summed E-state index contributed by atoms with van der Waals surface area (Å²) < 4.78 is 48.1. The Balaban J connectivity index is 1.63. The first-order valence-corrected chi connectivity index (χ1v) is 10.3. The first-order valence-electron chi connectivity index (χ1n) is 8.81. The monoisotopic (exact) mass is 422 g/mol. The number of nitrogens with one attached hydrogen (secondary N) is 2. The number of aromatic nitrogens is 2. The number of hydrogen-bond donors (Lipinski definition) is 2. The fourth-order valence-corrected chi connectivity index (χ4v) is 4.32. The van der Waals surface area contributed by atoms with Crippen LogP contribution in [0.25, 0.3) is 10.9 Å². The number of anilines is 1. The molecule has 2 heterocycles. The number of pyridine rings is 1. The molecular weight excluding hydrogens is 407 g/mol. The SMILES string of the molecule is Cc1cc(Oc2ncccc2C#N)ccc1NS(=O)(=O)c1c[nH]c2cccc(F)c12. The van der Waals surface area contributed by atoms with Gasteiger partial charge in [-0.3, -0.25) is 4.72 Å². The maximum Gasteiger partial charge on any atom is 0.264 e. The molecule has 150 valence electrons. The van der Waals surface area contributed by atoms with E-state index in [1.54, 1.807) is 37.3 Å². The number of nitrogens with zero attached hydrogens (tertiary/aromatic N) is 2. The van der Waals surface area contributed by atoms with Crippen molar-refractivity contribution in [1.82, 2.24) is 9.97 Å². The van der Waals surface area contributed by atoms with Crippen molar-refractivity contribution >= 4 is 26.6 Å². The van der Waals surface area contributed by atoms with Crippen LogP contribution in [0.15, 0.2) is 65.8 Å². The minimum atomic E-state index is -4.04. The molecule has 2 aromatic heterocycles. The molecule has 0 saturated carbocycles. The normalized spacial score (nSPS) is 11.2. The van der Waals surface area contributed by atoms with Gasteiger partial charge in [0.1, 0.15) is 28.1 Å². The first kappa shape index (κ1) is 19.4. The molecule has 0 aliphatic carbocycles. The van der Waals surface area contributed by atoms with Gasteiger partial charge in [0.15, 0.2) is 0 Å². The van der Waals surface area contributed by atoms with E-state index in [1.165, 1.54) is 30.6 Å². The van der Waals surface area contributed by atoms with E-state index in [0.29, 0.717) is 22.5 Å². The molecular formula is C21H15FN4O3S. The zero-order valence-corrected chi connectivity index (χ0v) is 16.5. The molecule has 2 N–H and O–H groups in total. The van der Waals surface area contributed by atoms with Gasteiger partial charge in [-0.2, -0.15) is 5.26 Å². The van der Waals surface area contributed by atoms with Crippen LogP contribution < -0.4 is 9.46 Å². The lowest BCUT2D eigenvalue weighted by atomic mass is 10.2. The maximum atomic E-state index is 14.2. The van der Waals surface area contributed by atoms with E-state index in [1.807, 2.05) is 6.07 Å². The average Bonchev–Trinajstić information content (AvgIpc) is 3.17. The molecule has 0 aliphatic heterocycles. The van der Waals surface area contributed by atoms with Crippen molar-refractivity contribution in [3.8, 4) is 17.7 Å². The summed E-state index contributed by atoms with van der Waals surface area (Å²) in [5.74, 6) is -0.0796. The van der Waals surface area contributed by atoms with E-state index < -0.39 is 15.8 Å². The van der Waals surface area contributed by atoms with E-state index >= 15 is 0 Å². The number of aryl methyl sites for hydroxylation is 1. The molecule has 4 rings (SSSR count). The third kappa shape index (κ3) is 3.56. The van der Waals surface area contributed by atoms with Crippen molar-refractivity contribution in [3.05, 3.63) is 77.9 Å². The molecule has 9 heteroatoms. The van der Waals surface area contributed by atoms with Crippen LogP contribution in [0.4, 0.5) is 10.1 Å². The highest BCUT2D eigenvalue weighted by atomic mass is 32.2. The maximum absolute atomic E-state index is 14.2. The van der Waals surface area contributed by atoms with Gasteiger partial charge in [0, 0.05) is 17.9 Å². The largest absolute Gasteiger partial charge is 0.438 e. The summed E-state index contributed by atoms with van der Waals surface area (Å²) in [7, 11) is -4.04. The summed E-state index contributed by atoms with van der Waals surface area (Å²) in [6.07, 6.45) is 2.76. The van der Waals surface area contributed by atoms with Crippen LogP contribution in [0.3, 0.4) is 0 Å². The van der Waals surface area contributed by atoms with Crippen molar-refractivity contribution in [2.24, 2.45) is 0 Å². The molecule has 0 fully saturated rings. The number of H-pyrrole nitrogens is 1. The first-order chi connectivity index (χ1) is 14.4. The summed E-state index contributed by atoms with van der Waals surface area (Å²) in [6, 6.07) is 14.2. The van der Waals surface area contributed by atoms with E-state index in [0.717, 1.165) is 0 Å². The van der Waals surface area contributed by atoms with E-state index in [4.69, 9.17) is 10.00 Å². The van der Waals surface area contributed by atoms with Crippen molar-refractivity contribution in [3.63, 3.8) is 0 Å². The molecule has 30 heavy (non-hydrogen) atoms. The zero-order chi connectivity index (χ0) is 21.3. The van der Waals surface area contributed by atoms with Crippen LogP contribution in [0.1, 0.15) is 11.1 Å². The summed E-state index contributed by atoms with van der Waals surface area (Å²) >= 11 is 0. The molecule has 2 aromatic carbocycles. The second-order valence-corrected chi connectivity index (χ2v) is 8.12. The van der Waals surface area contributed by atoms with Gasteiger partial charge in [-0.05, 0) is 55.0 Å². The van der Waals surface area contributed by atoms with Crippen LogP contribution in [0.5, 0.6) is 11.6 Å². The Hall–Kier alpha value is -3.90. The van der Waals surface area contributed by atoms with Gasteiger partial charge in [-0.15, -0.1) is 0 Å². The number of hydrogen-bond acceptors (Lipinski definition) is 5. The van der Waals surface area contributed by atoms with Gasteiger partial charge in [0.25, 0.3) is 10.0 Å². The van der Waals surface area contributed by atoms with Crippen molar-refractivity contribution < 1.29 is 17.5 Å². The minimum Gasteiger partial charge on any atom is -0.438 e. The highest BCUT2D eigenvalue weighted by molar-refractivity contribution is 7.93. The van der Waals surface area contributed by atoms with Crippen LogP contribution >= 0.6 is 0 Å². The van der Waals surface area contributed by atoms with Gasteiger partial charge < -0.3 is 9.72 Å². The third-order valence-corrected chi connectivity index (χ3v) is 5.85. The number of halogens is 1. The minimum absolute atomic E-state index is 0.00166. The van der Waals surface area contributed by atoms with E-state index in [2.05, 4.69) is 14.7 Å². The van der Waals surface area contributed by atoms with Gasteiger partial charge in [0.05, 0.1) is 11.1 Å². The Morgan fingerprint density at radius 2 is 2.03 bits per heavy atom. The molecule has 0 unspecified atom stereocenters. The molecule has 0 spiro atoms. The zero-order valence-electron chi connectivity index (χ0n) is 15.7. The highest BCUT2D eigenvalue weighted by Gasteiger charge is 2.22. The van der Waals surface area contributed by atoms with Gasteiger partial charge in [-0.1, -0.05) is 6.07 Å². The lowest BCUT2D eigenvalue weighted by Crippen LogP contribution is -2.13. The number of nitriles is 1.